The Kier molecular flexibility index (Phi) is 9.19. The lowest BCUT2D eigenvalue weighted by Gasteiger charge is -2.11. The van der Waals surface area contributed by atoms with Crippen LogP contribution in [-0.4, -0.2) is 30.1 Å². The largest absolute Gasteiger partial charge is 0.509 e. The third-order valence-electron chi connectivity index (χ3n) is 4.87. The SMILES string of the molecule is CCCCCCCCCCOCC(O)=C1C(=O)N(C(C)=O)c2ccc(Br)cc21. The summed E-state index contributed by atoms with van der Waals surface area (Å²) in [5, 5.41) is 10.5. The maximum absolute atomic E-state index is 12.7. The van der Waals surface area contributed by atoms with Gasteiger partial charge < -0.3 is 9.84 Å². The van der Waals surface area contributed by atoms with E-state index in [1.807, 2.05) is 0 Å². The number of hydrogen-bond acceptors (Lipinski definition) is 4. The number of anilines is 1. The fraction of sp³-hybridized carbons (Fsp3) is 0.545. The summed E-state index contributed by atoms with van der Waals surface area (Å²) in [6, 6.07) is 5.20. The molecule has 0 spiro atoms. The Labute approximate surface area is 175 Å². The smallest absolute Gasteiger partial charge is 0.269 e. The van der Waals surface area contributed by atoms with Crippen molar-refractivity contribution in [2.75, 3.05) is 18.1 Å². The molecular weight excluding hydrogens is 422 g/mol. The zero-order chi connectivity index (χ0) is 20.5. The minimum Gasteiger partial charge on any atom is -0.509 e. The molecule has 1 N–H and O–H groups in total. The van der Waals surface area contributed by atoms with Crippen LogP contribution in [0.25, 0.3) is 5.57 Å². The molecule has 0 radical (unpaired) electrons. The normalized spacial score (nSPS) is 15.1. The number of benzene rings is 1. The number of unbranched alkanes of at least 4 members (excludes halogenated alkanes) is 7. The highest BCUT2D eigenvalue weighted by molar-refractivity contribution is 9.10. The quantitative estimate of drug-likeness (QED) is 0.263. The Morgan fingerprint density at radius 2 is 1.75 bits per heavy atom. The predicted octanol–water partition coefficient (Wildman–Crippen LogP) is 5.77. The first kappa shape index (κ1) is 22.6. The number of ether oxygens (including phenoxy) is 1. The molecule has 5 nitrogen and oxygen atoms in total. The summed E-state index contributed by atoms with van der Waals surface area (Å²) < 4.78 is 6.34. The van der Waals surface area contributed by atoms with Gasteiger partial charge in [-0.05, 0) is 24.6 Å². The number of hydrogen-bond donors (Lipinski definition) is 1. The topological polar surface area (TPSA) is 66.8 Å². The highest BCUT2D eigenvalue weighted by Crippen LogP contribution is 2.39. The van der Waals surface area contributed by atoms with E-state index < -0.39 is 5.91 Å². The van der Waals surface area contributed by atoms with E-state index in [1.165, 1.54) is 45.4 Å². The standard InChI is InChI=1S/C22H30BrNO4/c1-3-4-5-6-7-8-9-10-13-28-15-20(26)21-18-14-17(23)11-12-19(18)24(16(2)25)22(21)27/h11-12,14,26H,3-10,13,15H2,1-2H3. The molecule has 6 heteroatoms. The molecular formula is C22H30BrNO4. The van der Waals surface area contributed by atoms with Crippen molar-refractivity contribution >= 4 is 39.0 Å². The van der Waals surface area contributed by atoms with Crippen molar-refractivity contribution in [1.29, 1.82) is 0 Å². The van der Waals surface area contributed by atoms with Crippen LogP contribution in [0.5, 0.6) is 0 Å². The van der Waals surface area contributed by atoms with E-state index in [4.69, 9.17) is 4.74 Å². The fourth-order valence-electron chi connectivity index (χ4n) is 3.41. The highest BCUT2D eigenvalue weighted by Gasteiger charge is 2.37. The Morgan fingerprint density at radius 3 is 2.39 bits per heavy atom. The van der Waals surface area contributed by atoms with Gasteiger partial charge in [0.1, 0.15) is 12.4 Å². The molecule has 0 fully saturated rings. The van der Waals surface area contributed by atoms with Crippen LogP contribution < -0.4 is 4.90 Å². The molecule has 0 aromatic heterocycles. The average Bonchev–Trinajstić information content (AvgIpc) is 2.94. The van der Waals surface area contributed by atoms with Crippen molar-refractivity contribution in [3.8, 4) is 0 Å². The predicted molar refractivity (Wildman–Crippen MR) is 115 cm³/mol. The Balaban J connectivity index is 1.87. The van der Waals surface area contributed by atoms with Crippen molar-refractivity contribution in [3.05, 3.63) is 34.0 Å². The summed E-state index contributed by atoms with van der Waals surface area (Å²) in [6.07, 6.45) is 9.70. The third-order valence-corrected chi connectivity index (χ3v) is 5.36. The molecule has 0 saturated carbocycles. The van der Waals surface area contributed by atoms with E-state index >= 15 is 0 Å². The number of halogens is 1. The molecule has 0 bridgehead atoms. The van der Waals surface area contributed by atoms with Crippen LogP contribution in [0.3, 0.4) is 0 Å². The zero-order valence-electron chi connectivity index (χ0n) is 16.8. The van der Waals surface area contributed by atoms with E-state index in [9.17, 15) is 14.7 Å². The van der Waals surface area contributed by atoms with Gasteiger partial charge in [-0.3, -0.25) is 9.59 Å². The number of carbonyl (C=O) groups is 2. The molecule has 28 heavy (non-hydrogen) atoms. The molecule has 2 rings (SSSR count). The molecule has 1 aromatic carbocycles. The fourth-order valence-corrected chi connectivity index (χ4v) is 3.77. The minimum absolute atomic E-state index is 0.0325. The molecule has 1 aliphatic heterocycles. The lowest BCUT2D eigenvalue weighted by atomic mass is 10.1. The zero-order valence-corrected chi connectivity index (χ0v) is 18.4. The number of nitrogens with zero attached hydrogens (tertiary/aromatic N) is 1. The summed E-state index contributed by atoms with van der Waals surface area (Å²) in [5.74, 6) is -1.02. The van der Waals surface area contributed by atoms with E-state index in [1.54, 1.807) is 18.2 Å². The number of amides is 2. The van der Waals surface area contributed by atoms with Crippen LogP contribution in [0.1, 0.15) is 70.8 Å². The molecule has 1 aliphatic rings. The van der Waals surface area contributed by atoms with Crippen molar-refractivity contribution in [2.45, 2.75) is 65.2 Å². The van der Waals surface area contributed by atoms with Gasteiger partial charge in [-0.2, -0.15) is 0 Å². The second-order valence-electron chi connectivity index (χ2n) is 7.17. The maximum atomic E-state index is 12.7. The van der Waals surface area contributed by atoms with E-state index in [0.29, 0.717) is 17.9 Å². The molecule has 0 aliphatic carbocycles. The summed E-state index contributed by atoms with van der Waals surface area (Å²) in [4.78, 5) is 25.6. The van der Waals surface area contributed by atoms with Gasteiger partial charge in [0.05, 0.1) is 11.3 Å². The lowest BCUT2D eigenvalue weighted by Crippen LogP contribution is -2.31. The summed E-state index contributed by atoms with van der Waals surface area (Å²) >= 11 is 3.38. The van der Waals surface area contributed by atoms with E-state index in [-0.39, 0.29) is 23.8 Å². The number of rotatable bonds is 11. The first-order valence-electron chi connectivity index (χ1n) is 10.1. The van der Waals surface area contributed by atoms with Crippen molar-refractivity contribution in [3.63, 3.8) is 0 Å². The maximum Gasteiger partial charge on any atom is 0.269 e. The number of aliphatic hydroxyl groups is 1. The van der Waals surface area contributed by atoms with Gasteiger partial charge in [-0.15, -0.1) is 0 Å². The Hall–Kier alpha value is -1.66. The first-order chi connectivity index (χ1) is 13.5. The van der Waals surface area contributed by atoms with Crippen LogP contribution in [-0.2, 0) is 14.3 Å². The molecule has 154 valence electrons. The Bertz CT molecular complexity index is 729. The van der Waals surface area contributed by atoms with Gasteiger partial charge in [-0.25, -0.2) is 4.90 Å². The van der Waals surface area contributed by atoms with Crippen LogP contribution in [0, 0.1) is 0 Å². The van der Waals surface area contributed by atoms with E-state index in [0.717, 1.165) is 22.2 Å². The van der Waals surface area contributed by atoms with Crippen molar-refractivity contribution in [2.24, 2.45) is 0 Å². The highest BCUT2D eigenvalue weighted by atomic mass is 79.9. The molecule has 0 atom stereocenters. The van der Waals surface area contributed by atoms with Gasteiger partial charge in [0, 0.05) is 23.6 Å². The second kappa shape index (κ2) is 11.4. The molecule has 1 heterocycles. The number of carbonyl (C=O) groups excluding carboxylic acids is 2. The molecule has 0 saturated heterocycles. The Morgan fingerprint density at radius 1 is 1.11 bits per heavy atom. The minimum atomic E-state index is -0.506. The number of aliphatic hydroxyl groups excluding tert-OH is 1. The second-order valence-corrected chi connectivity index (χ2v) is 8.09. The van der Waals surface area contributed by atoms with Gasteiger partial charge in [0.15, 0.2) is 0 Å². The molecule has 1 aromatic rings. The first-order valence-corrected chi connectivity index (χ1v) is 10.9. The summed E-state index contributed by atoms with van der Waals surface area (Å²) in [6.45, 7) is 4.07. The van der Waals surface area contributed by atoms with Crippen LogP contribution in [0.2, 0.25) is 0 Å². The van der Waals surface area contributed by atoms with E-state index in [2.05, 4.69) is 22.9 Å². The van der Waals surface area contributed by atoms with Crippen LogP contribution in [0.15, 0.2) is 28.4 Å². The number of fused-ring (bicyclic) bond motifs is 1. The van der Waals surface area contributed by atoms with Gasteiger partial charge in [-0.1, -0.05) is 67.8 Å². The van der Waals surface area contributed by atoms with Gasteiger partial charge >= 0.3 is 0 Å². The third kappa shape index (κ3) is 5.92. The van der Waals surface area contributed by atoms with Crippen LogP contribution in [0.4, 0.5) is 5.69 Å². The van der Waals surface area contributed by atoms with Crippen LogP contribution >= 0.6 is 15.9 Å². The summed E-state index contributed by atoms with van der Waals surface area (Å²) in [7, 11) is 0. The van der Waals surface area contributed by atoms with Gasteiger partial charge in [0.25, 0.3) is 5.91 Å². The van der Waals surface area contributed by atoms with Gasteiger partial charge in [0.2, 0.25) is 5.91 Å². The molecule has 2 amide bonds. The van der Waals surface area contributed by atoms with Crippen molar-refractivity contribution in [1.82, 2.24) is 0 Å². The molecule has 0 unspecified atom stereocenters. The summed E-state index contributed by atoms with van der Waals surface area (Å²) in [5.41, 5.74) is 1.18. The van der Waals surface area contributed by atoms with Crippen molar-refractivity contribution < 1.29 is 19.4 Å². The monoisotopic (exact) mass is 451 g/mol. The lowest BCUT2D eigenvalue weighted by molar-refractivity contribution is -0.122. The number of imide groups is 1. The average molecular weight is 452 g/mol.